The van der Waals surface area contributed by atoms with E-state index < -0.39 is 47.1 Å². The van der Waals surface area contributed by atoms with Crippen LogP contribution in [0.15, 0.2) is 47.6 Å². The first-order chi connectivity index (χ1) is 14.5. The molecule has 2 aromatic rings. The fraction of sp³-hybridized carbons (Fsp3) is 0.273. The molecule has 0 amide bonds. The van der Waals surface area contributed by atoms with Crippen molar-refractivity contribution in [1.82, 2.24) is 4.90 Å². The summed E-state index contributed by atoms with van der Waals surface area (Å²) < 4.78 is 95.7. The number of rotatable bonds is 5. The monoisotopic (exact) mass is 444 g/mol. The summed E-state index contributed by atoms with van der Waals surface area (Å²) in [5.41, 5.74) is -0.988. The highest BCUT2D eigenvalue weighted by Crippen LogP contribution is 2.38. The fourth-order valence-corrected chi connectivity index (χ4v) is 3.43. The van der Waals surface area contributed by atoms with Crippen LogP contribution in [0.3, 0.4) is 0 Å². The van der Waals surface area contributed by atoms with Gasteiger partial charge >= 0.3 is 6.18 Å². The number of halogens is 7. The number of allylic oxidation sites excluding steroid dienone is 2. The smallest absolute Gasteiger partial charge is 0.381 e. The topological polar surface area (TPSA) is 15.3 Å². The Kier molecular flexibility index (Phi) is 6.33. The molecule has 0 bridgehead atoms. The van der Waals surface area contributed by atoms with E-state index in [1.165, 1.54) is 17.0 Å². The van der Waals surface area contributed by atoms with Gasteiger partial charge in [0.15, 0.2) is 11.6 Å². The second kappa shape index (κ2) is 8.64. The third-order valence-corrected chi connectivity index (χ3v) is 5.09. The summed E-state index contributed by atoms with van der Waals surface area (Å²) in [6, 6.07) is 5.09. The summed E-state index contributed by atoms with van der Waals surface area (Å²) in [7, 11) is 1.57. The molecule has 2 nitrogen and oxygen atoms in total. The Balaban J connectivity index is 1.88. The molecule has 0 saturated heterocycles. The van der Waals surface area contributed by atoms with E-state index in [0.717, 1.165) is 18.2 Å². The molecule has 1 aliphatic heterocycles. The van der Waals surface area contributed by atoms with E-state index in [1.54, 1.807) is 14.0 Å². The van der Waals surface area contributed by atoms with Crippen LogP contribution < -0.4 is 5.32 Å². The molecule has 2 aromatic carbocycles. The van der Waals surface area contributed by atoms with Crippen molar-refractivity contribution in [1.29, 1.82) is 0 Å². The first-order valence-corrected chi connectivity index (χ1v) is 9.41. The van der Waals surface area contributed by atoms with Crippen molar-refractivity contribution in [2.24, 2.45) is 0 Å². The lowest BCUT2D eigenvalue weighted by molar-refractivity contribution is -0.0896. The average Bonchev–Trinajstić information content (AvgIpc) is 2.70. The third-order valence-electron chi connectivity index (χ3n) is 5.09. The summed E-state index contributed by atoms with van der Waals surface area (Å²) in [6.07, 6.45) is -3.43. The summed E-state index contributed by atoms with van der Waals surface area (Å²) in [6.45, 7) is 1.19. The molecule has 3 rings (SSSR count). The third kappa shape index (κ3) is 4.70. The van der Waals surface area contributed by atoms with Gasteiger partial charge in [0.05, 0.1) is 5.57 Å². The van der Waals surface area contributed by atoms with Crippen molar-refractivity contribution in [3.63, 3.8) is 0 Å². The highest BCUT2D eigenvalue weighted by atomic mass is 19.4. The normalized spacial score (nSPS) is 14.7. The minimum absolute atomic E-state index is 0.00867. The van der Waals surface area contributed by atoms with Gasteiger partial charge in [0.1, 0.15) is 11.6 Å². The average molecular weight is 444 g/mol. The molecule has 0 aromatic heterocycles. The standard InChI is InChI=1S/C22H19F7N2/c1-3-12-11-31(2)20(9-16(12)22(27,28)29)14-5-4-13(8-19(14)25)30-10-15-17(23)6-7-18(24)21(15)26/h4-9,30H,3,10-11H2,1-2H3. The Morgan fingerprint density at radius 3 is 2.26 bits per heavy atom. The van der Waals surface area contributed by atoms with Crippen molar-refractivity contribution >= 4 is 11.4 Å². The van der Waals surface area contributed by atoms with Crippen LogP contribution in [0.2, 0.25) is 0 Å². The maximum atomic E-state index is 14.7. The highest BCUT2D eigenvalue weighted by molar-refractivity contribution is 5.71. The Bertz CT molecular complexity index is 1050. The molecule has 0 atom stereocenters. The van der Waals surface area contributed by atoms with Gasteiger partial charge in [-0.15, -0.1) is 0 Å². The first-order valence-electron chi connectivity index (χ1n) is 9.41. The Morgan fingerprint density at radius 1 is 0.968 bits per heavy atom. The van der Waals surface area contributed by atoms with Gasteiger partial charge in [0.2, 0.25) is 0 Å². The number of likely N-dealkylation sites (N-methyl/N-ethyl adjacent to an activating group) is 1. The Labute approximate surface area is 174 Å². The van der Waals surface area contributed by atoms with Gasteiger partial charge in [-0.05, 0) is 48.4 Å². The first kappa shape index (κ1) is 22.7. The second-order valence-electron chi connectivity index (χ2n) is 7.12. The molecule has 31 heavy (non-hydrogen) atoms. The number of hydrogen-bond acceptors (Lipinski definition) is 2. The molecule has 0 radical (unpaired) electrons. The van der Waals surface area contributed by atoms with Crippen molar-refractivity contribution in [2.75, 3.05) is 18.9 Å². The van der Waals surface area contributed by atoms with E-state index >= 15 is 0 Å². The zero-order valence-electron chi connectivity index (χ0n) is 16.7. The molecule has 1 aliphatic rings. The fourth-order valence-electron chi connectivity index (χ4n) is 3.43. The van der Waals surface area contributed by atoms with E-state index in [1.807, 2.05) is 0 Å². The molecule has 0 saturated carbocycles. The predicted octanol–water partition coefficient (Wildman–Crippen LogP) is 6.41. The number of alkyl halides is 3. The number of nitrogens with one attached hydrogen (secondary N) is 1. The Morgan fingerprint density at radius 2 is 1.65 bits per heavy atom. The predicted molar refractivity (Wildman–Crippen MR) is 104 cm³/mol. The van der Waals surface area contributed by atoms with Gasteiger partial charge in [-0.2, -0.15) is 13.2 Å². The van der Waals surface area contributed by atoms with E-state index in [9.17, 15) is 30.7 Å². The highest BCUT2D eigenvalue weighted by Gasteiger charge is 2.37. The quantitative estimate of drug-likeness (QED) is 0.424. The summed E-state index contributed by atoms with van der Waals surface area (Å²) in [4.78, 5) is 1.52. The zero-order chi connectivity index (χ0) is 22.9. The molecule has 9 heteroatoms. The largest absolute Gasteiger partial charge is 0.416 e. The maximum Gasteiger partial charge on any atom is 0.416 e. The van der Waals surface area contributed by atoms with Gasteiger partial charge in [0, 0.05) is 42.6 Å². The number of nitrogens with zero attached hydrogens (tertiary/aromatic N) is 1. The molecule has 1 N–H and O–H groups in total. The van der Waals surface area contributed by atoms with E-state index in [2.05, 4.69) is 5.32 Å². The maximum absolute atomic E-state index is 14.7. The lowest BCUT2D eigenvalue weighted by Gasteiger charge is -2.31. The van der Waals surface area contributed by atoms with Gasteiger partial charge in [-0.1, -0.05) is 6.92 Å². The summed E-state index contributed by atoms with van der Waals surface area (Å²) in [5.74, 6) is -4.34. The minimum Gasteiger partial charge on any atom is -0.381 e. The molecule has 166 valence electrons. The number of hydrogen-bond donors (Lipinski definition) is 1. The van der Waals surface area contributed by atoms with E-state index in [0.29, 0.717) is 6.07 Å². The van der Waals surface area contributed by atoms with Gasteiger partial charge in [-0.3, -0.25) is 0 Å². The van der Waals surface area contributed by atoms with Crippen LogP contribution in [0.5, 0.6) is 0 Å². The van der Waals surface area contributed by atoms with Crippen LogP contribution >= 0.6 is 0 Å². The van der Waals surface area contributed by atoms with Crippen LogP contribution in [-0.2, 0) is 6.54 Å². The molecular weight excluding hydrogens is 425 g/mol. The zero-order valence-corrected chi connectivity index (χ0v) is 16.7. The lowest BCUT2D eigenvalue weighted by atomic mass is 9.96. The SMILES string of the molecule is CCC1=C(C(F)(F)F)C=C(c2ccc(NCc3c(F)ccc(F)c3F)cc2F)N(C)C1. The van der Waals surface area contributed by atoms with Crippen molar-refractivity contribution in [3.8, 4) is 0 Å². The molecule has 0 fully saturated rings. The van der Waals surface area contributed by atoms with Crippen LogP contribution in [0, 0.1) is 23.3 Å². The van der Waals surface area contributed by atoms with E-state index in [4.69, 9.17) is 0 Å². The molecular formula is C22H19F7N2. The number of benzene rings is 2. The van der Waals surface area contributed by atoms with Gasteiger partial charge in [-0.25, -0.2) is 17.6 Å². The molecule has 0 aliphatic carbocycles. The molecule has 1 heterocycles. The molecule has 0 unspecified atom stereocenters. The van der Waals surface area contributed by atoms with Crippen LogP contribution in [0.4, 0.5) is 36.4 Å². The lowest BCUT2D eigenvalue weighted by Crippen LogP contribution is -2.28. The van der Waals surface area contributed by atoms with Crippen molar-refractivity contribution in [3.05, 3.63) is 81.9 Å². The van der Waals surface area contributed by atoms with Crippen molar-refractivity contribution < 1.29 is 30.7 Å². The number of anilines is 1. The van der Waals surface area contributed by atoms with Crippen LogP contribution in [0.25, 0.3) is 5.70 Å². The summed E-state index contributed by atoms with van der Waals surface area (Å²) >= 11 is 0. The van der Waals surface area contributed by atoms with E-state index in [-0.39, 0.29) is 35.5 Å². The van der Waals surface area contributed by atoms with Crippen molar-refractivity contribution in [2.45, 2.75) is 26.1 Å². The Hall–Kier alpha value is -2.97. The van der Waals surface area contributed by atoms with Gasteiger partial charge < -0.3 is 10.2 Å². The second-order valence-corrected chi connectivity index (χ2v) is 7.12. The summed E-state index contributed by atoms with van der Waals surface area (Å²) in [5, 5.41) is 2.59. The minimum atomic E-state index is -4.56. The van der Waals surface area contributed by atoms with Crippen LogP contribution in [0.1, 0.15) is 24.5 Å². The molecule has 0 spiro atoms. The van der Waals surface area contributed by atoms with Crippen LogP contribution in [-0.4, -0.2) is 24.7 Å². The van der Waals surface area contributed by atoms with Gasteiger partial charge in [0.25, 0.3) is 0 Å².